The van der Waals surface area contributed by atoms with Crippen molar-refractivity contribution >= 4 is 11.8 Å². The minimum absolute atomic E-state index is 0.230. The van der Waals surface area contributed by atoms with E-state index in [1.165, 1.54) is 25.7 Å². The molecule has 21 heavy (non-hydrogen) atoms. The first-order chi connectivity index (χ1) is 9.90. The highest BCUT2D eigenvalue weighted by Gasteiger charge is 2.40. The first-order valence-electron chi connectivity index (χ1n) is 8.67. The van der Waals surface area contributed by atoms with Crippen LogP contribution >= 0.6 is 0 Å². The Morgan fingerprint density at radius 1 is 1.05 bits per heavy atom. The molecule has 0 spiro atoms. The molecule has 5 atom stereocenters. The van der Waals surface area contributed by atoms with E-state index in [-0.39, 0.29) is 5.92 Å². The molecule has 2 rings (SSSR count). The third-order valence-electron chi connectivity index (χ3n) is 5.98. The summed E-state index contributed by atoms with van der Waals surface area (Å²) < 4.78 is 0. The van der Waals surface area contributed by atoms with Crippen molar-refractivity contribution in [2.45, 2.75) is 65.7 Å². The molecule has 0 aromatic rings. The second kappa shape index (κ2) is 6.93. The van der Waals surface area contributed by atoms with Gasteiger partial charge in [0, 0.05) is 5.92 Å². The highest BCUT2D eigenvalue weighted by molar-refractivity contribution is 6.33. The van der Waals surface area contributed by atoms with Gasteiger partial charge in [0.25, 0.3) is 0 Å². The maximum atomic E-state index is 11.8. The number of hydrogen-bond acceptors (Lipinski definition) is 2. The molecule has 0 aromatic carbocycles. The van der Waals surface area contributed by atoms with Gasteiger partial charge in [-0.15, -0.1) is 0 Å². The van der Waals surface area contributed by atoms with Crippen LogP contribution < -0.4 is 0 Å². The number of rotatable bonds is 4. The monoisotopic (exact) mass is 294 g/mol. The molecule has 2 unspecified atom stereocenters. The van der Waals surface area contributed by atoms with Crippen LogP contribution in [0.4, 0.5) is 0 Å². The largest absolute Gasteiger partial charge is 0.475 e. The number of carbonyl (C=O) groups excluding carboxylic acids is 1. The molecule has 1 N–H and O–H groups in total. The van der Waals surface area contributed by atoms with Crippen molar-refractivity contribution in [3.63, 3.8) is 0 Å². The van der Waals surface area contributed by atoms with Crippen LogP contribution in [-0.4, -0.2) is 16.9 Å². The summed E-state index contributed by atoms with van der Waals surface area (Å²) in [7, 11) is 0. The Morgan fingerprint density at radius 2 is 1.76 bits per heavy atom. The van der Waals surface area contributed by atoms with Gasteiger partial charge in [0.05, 0.1) is 0 Å². The van der Waals surface area contributed by atoms with E-state index in [9.17, 15) is 9.59 Å². The molecule has 120 valence electrons. The molecule has 2 aliphatic carbocycles. The van der Waals surface area contributed by atoms with E-state index in [2.05, 4.69) is 20.8 Å². The van der Waals surface area contributed by atoms with Crippen molar-refractivity contribution in [1.29, 1.82) is 0 Å². The summed E-state index contributed by atoms with van der Waals surface area (Å²) >= 11 is 0. The number of carboxylic acids is 1. The Bertz CT molecular complexity index is 388. The fourth-order valence-corrected chi connectivity index (χ4v) is 4.85. The van der Waals surface area contributed by atoms with E-state index in [1.807, 2.05) is 0 Å². The van der Waals surface area contributed by atoms with Crippen LogP contribution in [0.1, 0.15) is 65.7 Å². The highest BCUT2D eigenvalue weighted by atomic mass is 16.4. The molecule has 2 saturated carbocycles. The lowest BCUT2D eigenvalue weighted by atomic mass is 9.61. The lowest BCUT2D eigenvalue weighted by Crippen LogP contribution is -2.37. The lowest BCUT2D eigenvalue weighted by Gasteiger charge is -2.44. The van der Waals surface area contributed by atoms with E-state index >= 15 is 0 Å². The lowest BCUT2D eigenvalue weighted by molar-refractivity contribution is -0.152. The van der Waals surface area contributed by atoms with Gasteiger partial charge >= 0.3 is 5.97 Å². The topological polar surface area (TPSA) is 54.4 Å². The summed E-state index contributed by atoms with van der Waals surface area (Å²) in [6.45, 7) is 6.97. The molecule has 0 radical (unpaired) electrons. The van der Waals surface area contributed by atoms with Crippen molar-refractivity contribution in [3.8, 4) is 0 Å². The Hall–Kier alpha value is -0.860. The summed E-state index contributed by atoms with van der Waals surface area (Å²) in [5, 5.41) is 8.96. The zero-order valence-corrected chi connectivity index (χ0v) is 13.7. The van der Waals surface area contributed by atoms with Crippen molar-refractivity contribution in [1.82, 2.24) is 0 Å². The van der Waals surface area contributed by atoms with Crippen LogP contribution in [0.15, 0.2) is 0 Å². The van der Waals surface area contributed by atoms with Gasteiger partial charge in [0.15, 0.2) is 0 Å². The quantitative estimate of drug-likeness (QED) is 0.792. The standard InChI is InChI=1S/C18H30O3/c1-11(2)15-8-7-12(3)9-16(15)13-5-4-6-14(10-13)17(19)18(20)21/h11-16H,4-10H2,1-3H3,(H,20,21)/t12-,13?,14?,15+,16-/m1/s1. The summed E-state index contributed by atoms with van der Waals surface area (Å²) in [6.07, 6.45) is 7.68. The van der Waals surface area contributed by atoms with Gasteiger partial charge in [0.2, 0.25) is 5.78 Å². The van der Waals surface area contributed by atoms with Gasteiger partial charge in [-0.25, -0.2) is 4.79 Å². The summed E-state index contributed by atoms with van der Waals surface area (Å²) in [5.41, 5.74) is 0. The van der Waals surface area contributed by atoms with Crippen molar-refractivity contribution in [2.75, 3.05) is 0 Å². The number of carboxylic acid groups (broad SMARTS) is 1. The van der Waals surface area contributed by atoms with Crippen molar-refractivity contribution in [3.05, 3.63) is 0 Å². The van der Waals surface area contributed by atoms with Crippen LogP contribution in [0.25, 0.3) is 0 Å². The van der Waals surface area contributed by atoms with Crippen molar-refractivity contribution < 1.29 is 14.7 Å². The average Bonchev–Trinajstić information content (AvgIpc) is 2.46. The number of ketones is 1. The normalized spacial score (nSPS) is 37.4. The molecule has 3 heteroatoms. The molecule has 0 heterocycles. The molecule has 0 aromatic heterocycles. The van der Waals surface area contributed by atoms with Gasteiger partial charge < -0.3 is 5.11 Å². The van der Waals surface area contributed by atoms with Gasteiger partial charge in [-0.3, -0.25) is 4.79 Å². The van der Waals surface area contributed by atoms with E-state index in [1.54, 1.807) is 0 Å². The minimum atomic E-state index is -1.24. The highest BCUT2D eigenvalue weighted by Crippen LogP contribution is 2.47. The third-order valence-corrected chi connectivity index (χ3v) is 5.98. The number of hydrogen-bond donors (Lipinski definition) is 1. The van der Waals surface area contributed by atoms with Crippen LogP contribution in [0.3, 0.4) is 0 Å². The van der Waals surface area contributed by atoms with E-state index in [0.717, 1.165) is 31.1 Å². The van der Waals surface area contributed by atoms with E-state index < -0.39 is 11.8 Å². The molecule has 0 saturated heterocycles. The average molecular weight is 294 g/mol. The fourth-order valence-electron chi connectivity index (χ4n) is 4.85. The summed E-state index contributed by atoms with van der Waals surface area (Å²) in [6, 6.07) is 0. The first-order valence-corrected chi connectivity index (χ1v) is 8.67. The zero-order valence-electron chi connectivity index (χ0n) is 13.7. The Morgan fingerprint density at radius 3 is 2.38 bits per heavy atom. The maximum absolute atomic E-state index is 11.8. The predicted molar refractivity (Wildman–Crippen MR) is 82.9 cm³/mol. The number of carbonyl (C=O) groups is 2. The Balaban J connectivity index is 2.07. The molecular weight excluding hydrogens is 264 g/mol. The minimum Gasteiger partial charge on any atom is -0.475 e. The number of Topliss-reactive ketones (excluding diaryl/α,β-unsaturated/α-hetero) is 1. The maximum Gasteiger partial charge on any atom is 0.372 e. The molecule has 0 bridgehead atoms. The van der Waals surface area contributed by atoms with Gasteiger partial charge in [0.1, 0.15) is 0 Å². The predicted octanol–water partition coefficient (Wildman–Crippen LogP) is 4.15. The smallest absolute Gasteiger partial charge is 0.372 e. The molecule has 2 fully saturated rings. The summed E-state index contributed by atoms with van der Waals surface area (Å²) in [5.74, 6) is 1.46. The number of aliphatic carboxylic acids is 1. The molecule has 0 aliphatic heterocycles. The molecule has 3 nitrogen and oxygen atoms in total. The summed E-state index contributed by atoms with van der Waals surface area (Å²) in [4.78, 5) is 22.8. The van der Waals surface area contributed by atoms with Crippen LogP contribution in [0, 0.1) is 35.5 Å². The van der Waals surface area contributed by atoms with Crippen LogP contribution in [0.5, 0.6) is 0 Å². The Labute approximate surface area is 128 Å². The van der Waals surface area contributed by atoms with Crippen LogP contribution in [-0.2, 0) is 9.59 Å². The second-order valence-electron chi connectivity index (χ2n) is 7.78. The SMILES string of the molecule is CC(C)[C@@H]1CC[C@@H](C)C[C@@H]1C1CCCC(C(=O)C(=O)O)C1. The van der Waals surface area contributed by atoms with Crippen LogP contribution in [0.2, 0.25) is 0 Å². The van der Waals surface area contributed by atoms with Gasteiger partial charge in [-0.1, -0.05) is 40.0 Å². The fraction of sp³-hybridized carbons (Fsp3) is 0.889. The van der Waals surface area contributed by atoms with Gasteiger partial charge in [-0.05, 0) is 55.3 Å². The molecular formula is C18H30O3. The first kappa shape index (κ1) is 16.5. The van der Waals surface area contributed by atoms with E-state index in [4.69, 9.17) is 5.11 Å². The Kier molecular flexibility index (Phi) is 5.45. The second-order valence-corrected chi connectivity index (χ2v) is 7.78. The van der Waals surface area contributed by atoms with Crippen molar-refractivity contribution in [2.24, 2.45) is 35.5 Å². The zero-order chi connectivity index (χ0) is 15.6. The van der Waals surface area contributed by atoms with E-state index in [0.29, 0.717) is 17.8 Å². The third kappa shape index (κ3) is 3.87. The van der Waals surface area contributed by atoms with Gasteiger partial charge in [-0.2, -0.15) is 0 Å². The molecule has 2 aliphatic rings. The molecule has 0 amide bonds.